The number of benzene rings is 2. The molecule has 1 N–H and O–H groups in total. The second-order valence-electron chi connectivity index (χ2n) is 6.57. The minimum atomic E-state index is -0.0686. The number of nitrogens with zero attached hydrogens (tertiary/aromatic N) is 1. The summed E-state index contributed by atoms with van der Waals surface area (Å²) < 4.78 is 5.95. The highest BCUT2D eigenvalue weighted by molar-refractivity contribution is 7.10. The summed E-state index contributed by atoms with van der Waals surface area (Å²) in [5.41, 5.74) is 1.84. The average molecular weight is 381 g/mol. The van der Waals surface area contributed by atoms with Gasteiger partial charge >= 0.3 is 0 Å². The fourth-order valence-corrected chi connectivity index (χ4v) is 3.54. The van der Waals surface area contributed by atoms with E-state index in [1.807, 2.05) is 73.5 Å². The first kappa shape index (κ1) is 19.1. The fourth-order valence-electron chi connectivity index (χ4n) is 2.69. The zero-order chi connectivity index (χ0) is 19.2. The third-order valence-electron chi connectivity index (χ3n) is 4.42. The molecule has 0 saturated heterocycles. The number of rotatable bonds is 7. The SMILES string of the molecule is Cc1ccc(Oc2ccccc2NC(=O)CN(C)C(C)c2cccs2)cc1. The van der Waals surface area contributed by atoms with E-state index in [1.165, 1.54) is 10.4 Å². The van der Waals surface area contributed by atoms with Crippen molar-refractivity contribution >= 4 is 22.9 Å². The van der Waals surface area contributed by atoms with Gasteiger partial charge in [-0.2, -0.15) is 0 Å². The number of hydrogen-bond acceptors (Lipinski definition) is 4. The van der Waals surface area contributed by atoms with Crippen LogP contribution in [-0.4, -0.2) is 24.4 Å². The summed E-state index contributed by atoms with van der Waals surface area (Å²) in [6.07, 6.45) is 0. The Morgan fingerprint density at radius 3 is 2.56 bits per heavy atom. The van der Waals surface area contributed by atoms with E-state index in [4.69, 9.17) is 4.74 Å². The maximum Gasteiger partial charge on any atom is 0.238 e. The Hall–Kier alpha value is -2.63. The number of likely N-dealkylation sites (N-methyl/N-ethyl adjacent to an activating group) is 1. The second-order valence-corrected chi connectivity index (χ2v) is 7.55. The smallest absolute Gasteiger partial charge is 0.238 e. The van der Waals surface area contributed by atoms with Crippen LogP contribution in [0.1, 0.15) is 23.4 Å². The van der Waals surface area contributed by atoms with Gasteiger partial charge in [-0.25, -0.2) is 0 Å². The lowest BCUT2D eigenvalue weighted by molar-refractivity contribution is -0.117. The highest BCUT2D eigenvalue weighted by Gasteiger charge is 2.16. The van der Waals surface area contributed by atoms with E-state index < -0.39 is 0 Å². The number of anilines is 1. The minimum absolute atomic E-state index is 0.0686. The van der Waals surface area contributed by atoms with Crippen molar-refractivity contribution in [3.8, 4) is 11.5 Å². The maximum atomic E-state index is 12.5. The number of aryl methyl sites for hydroxylation is 1. The molecule has 1 unspecified atom stereocenters. The Balaban J connectivity index is 1.64. The normalized spacial score (nSPS) is 12.0. The van der Waals surface area contributed by atoms with E-state index in [-0.39, 0.29) is 11.9 Å². The van der Waals surface area contributed by atoms with E-state index >= 15 is 0 Å². The summed E-state index contributed by atoms with van der Waals surface area (Å²) in [6.45, 7) is 4.44. The van der Waals surface area contributed by atoms with Gasteiger partial charge in [-0.1, -0.05) is 35.9 Å². The van der Waals surface area contributed by atoms with Crippen LogP contribution in [0.5, 0.6) is 11.5 Å². The molecule has 140 valence electrons. The number of carbonyl (C=O) groups excluding carboxylic acids is 1. The van der Waals surface area contributed by atoms with Crippen LogP contribution in [0.2, 0.25) is 0 Å². The molecule has 0 spiro atoms. The van der Waals surface area contributed by atoms with E-state index in [1.54, 1.807) is 11.3 Å². The van der Waals surface area contributed by atoms with Crippen LogP contribution in [0, 0.1) is 6.92 Å². The number of para-hydroxylation sites is 2. The van der Waals surface area contributed by atoms with Gasteiger partial charge in [0.25, 0.3) is 0 Å². The van der Waals surface area contributed by atoms with Crippen molar-refractivity contribution in [3.63, 3.8) is 0 Å². The van der Waals surface area contributed by atoms with Crippen LogP contribution in [0.25, 0.3) is 0 Å². The van der Waals surface area contributed by atoms with E-state index in [0.717, 1.165) is 5.75 Å². The Morgan fingerprint density at radius 1 is 1.11 bits per heavy atom. The molecule has 5 heteroatoms. The molecule has 0 bridgehead atoms. The van der Waals surface area contributed by atoms with Crippen molar-refractivity contribution in [2.45, 2.75) is 19.9 Å². The predicted molar refractivity (Wildman–Crippen MR) is 112 cm³/mol. The van der Waals surface area contributed by atoms with E-state index in [9.17, 15) is 4.79 Å². The van der Waals surface area contributed by atoms with Crippen LogP contribution in [0.3, 0.4) is 0 Å². The molecule has 0 aliphatic heterocycles. The molecule has 3 aromatic rings. The van der Waals surface area contributed by atoms with Crippen molar-refractivity contribution < 1.29 is 9.53 Å². The first-order valence-electron chi connectivity index (χ1n) is 8.90. The number of amides is 1. The molecule has 1 heterocycles. The lowest BCUT2D eigenvalue weighted by Gasteiger charge is -2.23. The third kappa shape index (κ3) is 5.18. The Kier molecular flexibility index (Phi) is 6.27. The molecule has 1 amide bonds. The summed E-state index contributed by atoms with van der Waals surface area (Å²) in [5, 5.41) is 5.02. The molecule has 1 aromatic heterocycles. The Morgan fingerprint density at radius 2 is 1.85 bits per heavy atom. The van der Waals surface area contributed by atoms with Crippen LogP contribution < -0.4 is 10.1 Å². The Bertz CT molecular complexity index is 876. The topological polar surface area (TPSA) is 41.6 Å². The van der Waals surface area contributed by atoms with Gasteiger partial charge in [0, 0.05) is 10.9 Å². The molecular weight excluding hydrogens is 356 g/mol. The molecule has 0 radical (unpaired) electrons. The first-order valence-corrected chi connectivity index (χ1v) is 9.78. The molecule has 0 aliphatic carbocycles. The number of carbonyl (C=O) groups is 1. The van der Waals surface area contributed by atoms with E-state index in [0.29, 0.717) is 18.0 Å². The van der Waals surface area contributed by atoms with Gasteiger partial charge in [-0.05, 0) is 56.6 Å². The van der Waals surface area contributed by atoms with Crippen molar-refractivity contribution in [3.05, 3.63) is 76.5 Å². The minimum Gasteiger partial charge on any atom is -0.455 e. The number of thiophene rings is 1. The molecular formula is C22H24N2O2S. The summed E-state index contributed by atoms with van der Waals surface area (Å²) >= 11 is 1.70. The molecule has 0 aliphatic rings. The van der Waals surface area contributed by atoms with Gasteiger partial charge in [0.15, 0.2) is 5.75 Å². The van der Waals surface area contributed by atoms with Crippen LogP contribution in [-0.2, 0) is 4.79 Å². The molecule has 4 nitrogen and oxygen atoms in total. The number of nitrogens with one attached hydrogen (secondary N) is 1. The standard InChI is InChI=1S/C22H24N2O2S/c1-16-10-12-18(13-11-16)26-20-8-5-4-7-19(20)23-22(25)15-24(3)17(2)21-9-6-14-27-21/h4-14,17H,15H2,1-3H3,(H,23,25). The lowest BCUT2D eigenvalue weighted by atomic mass is 10.2. The van der Waals surface area contributed by atoms with Crippen LogP contribution >= 0.6 is 11.3 Å². The summed E-state index contributed by atoms with van der Waals surface area (Å²) in [5.74, 6) is 1.30. The summed E-state index contributed by atoms with van der Waals surface area (Å²) in [6, 6.07) is 19.6. The van der Waals surface area contributed by atoms with Gasteiger partial charge < -0.3 is 10.1 Å². The van der Waals surface area contributed by atoms with Gasteiger partial charge in [0.05, 0.1) is 12.2 Å². The van der Waals surface area contributed by atoms with Crippen molar-refractivity contribution in [2.75, 3.05) is 18.9 Å². The van der Waals surface area contributed by atoms with Crippen molar-refractivity contribution in [2.24, 2.45) is 0 Å². The fraction of sp³-hybridized carbons (Fsp3) is 0.227. The third-order valence-corrected chi connectivity index (χ3v) is 5.46. The molecule has 3 rings (SSSR count). The van der Waals surface area contributed by atoms with Gasteiger partial charge in [0.2, 0.25) is 5.91 Å². The lowest BCUT2D eigenvalue weighted by Crippen LogP contribution is -2.32. The zero-order valence-corrected chi connectivity index (χ0v) is 16.6. The maximum absolute atomic E-state index is 12.5. The quantitative estimate of drug-likeness (QED) is 0.590. The van der Waals surface area contributed by atoms with Gasteiger partial charge in [-0.3, -0.25) is 9.69 Å². The van der Waals surface area contributed by atoms with Gasteiger partial charge in [0.1, 0.15) is 5.75 Å². The molecule has 0 fully saturated rings. The van der Waals surface area contributed by atoms with Crippen molar-refractivity contribution in [1.82, 2.24) is 4.90 Å². The largest absolute Gasteiger partial charge is 0.455 e. The summed E-state index contributed by atoms with van der Waals surface area (Å²) in [7, 11) is 1.96. The van der Waals surface area contributed by atoms with E-state index in [2.05, 4.69) is 23.7 Å². The van der Waals surface area contributed by atoms with Crippen molar-refractivity contribution in [1.29, 1.82) is 0 Å². The van der Waals surface area contributed by atoms with Crippen LogP contribution in [0.4, 0.5) is 5.69 Å². The highest BCUT2D eigenvalue weighted by Crippen LogP contribution is 2.29. The first-order chi connectivity index (χ1) is 13.0. The average Bonchev–Trinajstić information content (AvgIpc) is 3.19. The highest BCUT2D eigenvalue weighted by atomic mass is 32.1. The van der Waals surface area contributed by atoms with Gasteiger partial charge in [-0.15, -0.1) is 11.3 Å². The Labute approximate surface area is 164 Å². The monoisotopic (exact) mass is 380 g/mol. The predicted octanol–water partition coefficient (Wildman–Crippen LogP) is 5.48. The number of hydrogen-bond donors (Lipinski definition) is 1. The number of ether oxygens (including phenoxy) is 1. The molecule has 1 atom stereocenters. The molecule has 27 heavy (non-hydrogen) atoms. The zero-order valence-electron chi connectivity index (χ0n) is 15.8. The summed E-state index contributed by atoms with van der Waals surface area (Å²) in [4.78, 5) is 15.8. The molecule has 2 aromatic carbocycles. The molecule has 0 saturated carbocycles. The second kappa shape index (κ2) is 8.84. The van der Waals surface area contributed by atoms with Crippen LogP contribution in [0.15, 0.2) is 66.0 Å².